The summed E-state index contributed by atoms with van der Waals surface area (Å²) in [6.07, 6.45) is 0.246. The number of benzene rings is 2. The Morgan fingerprint density at radius 1 is 0.857 bits per heavy atom. The zero-order chi connectivity index (χ0) is 19.9. The molecule has 0 atom stereocenters. The van der Waals surface area contributed by atoms with Crippen LogP contribution >= 0.6 is 11.3 Å². The Morgan fingerprint density at radius 2 is 1.64 bits per heavy atom. The lowest BCUT2D eigenvalue weighted by atomic mass is 10.1. The van der Waals surface area contributed by atoms with Gasteiger partial charge in [0.25, 0.3) is 5.91 Å². The van der Waals surface area contributed by atoms with Crippen molar-refractivity contribution in [1.29, 1.82) is 0 Å². The Balaban J connectivity index is 1.63. The van der Waals surface area contributed by atoms with Gasteiger partial charge in [0.15, 0.2) is 5.78 Å². The molecular weight excluding hydrogens is 372 g/mol. The second kappa shape index (κ2) is 9.10. The van der Waals surface area contributed by atoms with E-state index < -0.39 is 0 Å². The molecule has 0 saturated carbocycles. The fourth-order valence-electron chi connectivity index (χ4n) is 2.74. The lowest BCUT2D eigenvalue weighted by molar-refractivity contribution is -0.116. The van der Waals surface area contributed by atoms with Gasteiger partial charge in [0.1, 0.15) is 0 Å². The largest absolute Gasteiger partial charge is 0.326 e. The van der Waals surface area contributed by atoms with Gasteiger partial charge in [0.05, 0.1) is 4.88 Å². The average Bonchev–Trinajstić information content (AvgIpc) is 3.23. The van der Waals surface area contributed by atoms with Crippen LogP contribution in [0, 0.1) is 6.92 Å². The zero-order valence-corrected chi connectivity index (χ0v) is 16.2. The maximum Gasteiger partial charge on any atom is 0.256 e. The molecule has 0 aliphatic rings. The van der Waals surface area contributed by atoms with E-state index in [4.69, 9.17) is 0 Å². The van der Waals surface area contributed by atoms with Crippen LogP contribution < -0.4 is 10.6 Å². The second-order valence-electron chi connectivity index (χ2n) is 6.25. The Morgan fingerprint density at radius 3 is 2.36 bits per heavy atom. The number of hydrogen-bond donors (Lipinski definition) is 2. The molecular formula is C22H20N2O3S. The number of amides is 2. The Hall–Kier alpha value is -3.25. The summed E-state index contributed by atoms with van der Waals surface area (Å²) in [6, 6.07) is 17.9. The molecule has 2 N–H and O–H groups in total. The molecule has 0 radical (unpaired) electrons. The van der Waals surface area contributed by atoms with Gasteiger partial charge in [0.2, 0.25) is 5.91 Å². The number of rotatable bonds is 7. The summed E-state index contributed by atoms with van der Waals surface area (Å²) in [5, 5.41) is 7.48. The topological polar surface area (TPSA) is 75.3 Å². The Kier molecular flexibility index (Phi) is 6.34. The minimum Gasteiger partial charge on any atom is -0.326 e. The third-order valence-corrected chi connectivity index (χ3v) is 5.17. The van der Waals surface area contributed by atoms with Crippen LogP contribution in [0.15, 0.2) is 66.0 Å². The van der Waals surface area contributed by atoms with Crippen molar-refractivity contribution in [1.82, 2.24) is 0 Å². The fourth-order valence-corrected chi connectivity index (χ4v) is 3.43. The van der Waals surface area contributed by atoms with Gasteiger partial charge in [-0.1, -0.05) is 30.3 Å². The van der Waals surface area contributed by atoms with E-state index in [1.54, 1.807) is 31.2 Å². The van der Waals surface area contributed by atoms with Crippen molar-refractivity contribution in [3.8, 4) is 0 Å². The molecule has 0 aliphatic carbocycles. The van der Waals surface area contributed by atoms with E-state index in [2.05, 4.69) is 10.6 Å². The van der Waals surface area contributed by atoms with Crippen LogP contribution in [0.25, 0.3) is 0 Å². The van der Waals surface area contributed by atoms with Crippen molar-refractivity contribution >= 4 is 40.3 Å². The predicted molar refractivity (Wildman–Crippen MR) is 112 cm³/mol. The van der Waals surface area contributed by atoms with Gasteiger partial charge in [-0.2, -0.15) is 0 Å². The van der Waals surface area contributed by atoms with Gasteiger partial charge >= 0.3 is 0 Å². The molecule has 0 fully saturated rings. The first-order chi connectivity index (χ1) is 13.5. The maximum atomic E-state index is 12.6. The monoisotopic (exact) mass is 392 g/mol. The molecule has 6 heteroatoms. The normalized spacial score (nSPS) is 10.3. The number of nitrogens with one attached hydrogen (secondary N) is 2. The first kappa shape index (κ1) is 19.5. The number of anilines is 2. The van der Waals surface area contributed by atoms with Crippen LogP contribution in [-0.4, -0.2) is 17.6 Å². The lowest BCUT2D eigenvalue weighted by Crippen LogP contribution is -2.17. The van der Waals surface area contributed by atoms with Crippen LogP contribution in [-0.2, 0) is 4.79 Å². The fraction of sp³-hybridized carbons (Fsp3) is 0.136. The van der Waals surface area contributed by atoms with E-state index >= 15 is 0 Å². The number of hydrogen-bond acceptors (Lipinski definition) is 4. The molecule has 1 aromatic heterocycles. The summed E-state index contributed by atoms with van der Waals surface area (Å²) >= 11 is 1.37. The van der Waals surface area contributed by atoms with E-state index in [1.807, 2.05) is 41.8 Å². The van der Waals surface area contributed by atoms with Crippen molar-refractivity contribution in [3.63, 3.8) is 0 Å². The zero-order valence-electron chi connectivity index (χ0n) is 15.4. The van der Waals surface area contributed by atoms with Gasteiger partial charge < -0.3 is 10.6 Å². The van der Waals surface area contributed by atoms with Gasteiger partial charge in [0, 0.05) is 29.8 Å². The lowest BCUT2D eigenvalue weighted by Gasteiger charge is -2.13. The highest BCUT2D eigenvalue weighted by Gasteiger charge is 2.15. The van der Waals surface area contributed by atoms with E-state index in [1.165, 1.54) is 11.3 Å². The summed E-state index contributed by atoms with van der Waals surface area (Å²) in [5.74, 6) is -0.542. The van der Waals surface area contributed by atoms with Crippen molar-refractivity contribution in [3.05, 3.63) is 82.0 Å². The molecule has 0 saturated heterocycles. The molecule has 1 heterocycles. The van der Waals surface area contributed by atoms with Gasteiger partial charge in [-0.3, -0.25) is 14.4 Å². The maximum absolute atomic E-state index is 12.6. The Bertz CT molecular complexity index is 982. The molecule has 2 aromatic carbocycles. The number of ketones is 1. The molecule has 0 spiro atoms. The van der Waals surface area contributed by atoms with Crippen LogP contribution in [0.5, 0.6) is 0 Å². The van der Waals surface area contributed by atoms with Crippen LogP contribution in [0.2, 0.25) is 0 Å². The Labute approximate surface area is 167 Å². The van der Waals surface area contributed by atoms with E-state index in [-0.39, 0.29) is 30.4 Å². The number of thiophene rings is 1. The average molecular weight is 392 g/mol. The number of carbonyl (C=O) groups excluding carboxylic acids is 3. The molecule has 3 aromatic rings. The molecule has 0 unspecified atom stereocenters. The SMILES string of the molecule is Cc1c(NC(=O)CCC(=O)c2cccs2)cccc1C(=O)Nc1ccccc1. The van der Waals surface area contributed by atoms with E-state index in [9.17, 15) is 14.4 Å². The third-order valence-electron chi connectivity index (χ3n) is 4.26. The van der Waals surface area contributed by atoms with Crippen molar-refractivity contribution in [2.75, 3.05) is 10.6 Å². The van der Waals surface area contributed by atoms with E-state index in [0.717, 1.165) is 0 Å². The minimum atomic E-state index is -0.256. The van der Waals surface area contributed by atoms with Gasteiger partial charge in [-0.25, -0.2) is 0 Å². The smallest absolute Gasteiger partial charge is 0.256 e. The molecule has 2 amide bonds. The summed E-state index contributed by atoms with van der Waals surface area (Å²) in [5.41, 5.74) is 2.42. The van der Waals surface area contributed by atoms with Crippen LogP contribution in [0.4, 0.5) is 11.4 Å². The predicted octanol–water partition coefficient (Wildman–Crippen LogP) is 4.91. The third kappa shape index (κ3) is 4.92. The first-order valence-electron chi connectivity index (χ1n) is 8.87. The number of carbonyl (C=O) groups is 3. The van der Waals surface area contributed by atoms with Crippen molar-refractivity contribution in [2.24, 2.45) is 0 Å². The summed E-state index contributed by atoms with van der Waals surface area (Å²) in [6.45, 7) is 1.78. The minimum absolute atomic E-state index is 0.0436. The molecule has 5 nitrogen and oxygen atoms in total. The van der Waals surface area contributed by atoms with E-state index in [0.29, 0.717) is 27.4 Å². The molecule has 3 rings (SSSR count). The molecule has 28 heavy (non-hydrogen) atoms. The van der Waals surface area contributed by atoms with Gasteiger partial charge in [-0.05, 0) is 48.2 Å². The van der Waals surface area contributed by atoms with Crippen molar-refractivity contribution < 1.29 is 14.4 Å². The molecule has 0 aliphatic heterocycles. The highest BCUT2D eigenvalue weighted by molar-refractivity contribution is 7.12. The highest BCUT2D eigenvalue weighted by atomic mass is 32.1. The van der Waals surface area contributed by atoms with Crippen LogP contribution in [0.3, 0.4) is 0 Å². The first-order valence-corrected chi connectivity index (χ1v) is 9.75. The highest BCUT2D eigenvalue weighted by Crippen LogP contribution is 2.21. The summed E-state index contributed by atoms with van der Waals surface area (Å²) in [4.78, 5) is 37.5. The second-order valence-corrected chi connectivity index (χ2v) is 7.19. The van der Waals surface area contributed by atoms with Crippen molar-refractivity contribution in [2.45, 2.75) is 19.8 Å². The summed E-state index contributed by atoms with van der Waals surface area (Å²) in [7, 11) is 0. The van der Waals surface area contributed by atoms with Gasteiger partial charge in [-0.15, -0.1) is 11.3 Å². The molecule has 0 bridgehead atoms. The number of Topliss-reactive ketones (excluding diaryl/α,β-unsaturated/α-hetero) is 1. The quantitative estimate of drug-likeness (QED) is 0.561. The number of para-hydroxylation sites is 1. The summed E-state index contributed by atoms with van der Waals surface area (Å²) < 4.78 is 0. The standard InChI is InChI=1S/C22H20N2O3S/c1-15-17(22(27)23-16-7-3-2-4-8-16)9-5-10-18(15)24-21(26)13-12-19(25)20-11-6-14-28-20/h2-11,14H,12-13H2,1H3,(H,23,27)(H,24,26). The molecule has 142 valence electrons. The van der Waals surface area contributed by atoms with Crippen LogP contribution in [0.1, 0.15) is 38.4 Å².